The van der Waals surface area contributed by atoms with Crippen LogP contribution in [-0.4, -0.2) is 18.1 Å². The van der Waals surface area contributed by atoms with Crippen LogP contribution in [0.5, 0.6) is 0 Å². The van der Waals surface area contributed by atoms with Crippen molar-refractivity contribution >= 4 is 5.69 Å². The molecule has 0 saturated heterocycles. The summed E-state index contributed by atoms with van der Waals surface area (Å²) in [6.45, 7) is 8.89. The molecule has 90 valence electrons. The average Bonchev–Trinajstić information content (AvgIpc) is 2.35. The average molecular weight is 220 g/mol. The molecule has 0 aliphatic carbocycles. The summed E-state index contributed by atoms with van der Waals surface area (Å²) in [6.07, 6.45) is 6.74. The second kappa shape index (κ2) is 7.26. The van der Waals surface area contributed by atoms with E-state index in [1.165, 1.54) is 30.6 Å². The lowest BCUT2D eigenvalue weighted by Gasteiger charge is -2.23. The van der Waals surface area contributed by atoms with E-state index in [1.807, 2.05) is 6.20 Å². The quantitative estimate of drug-likeness (QED) is 0.697. The molecule has 1 aromatic rings. The SMILES string of the molecule is CCCCN(CCC)c1ccc(CC)nc1. The number of unbranched alkanes of at least 4 members (excludes halogenated alkanes) is 1. The number of pyridine rings is 1. The van der Waals surface area contributed by atoms with Crippen LogP contribution in [0.3, 0.4) is 0 Å². The van der Waals surface area contributed by atoms with E-state index in [2.05, 4.69) is 42.8 Å². The Labute approximate surface area is 99.7 Å². The van der Waals surface area contributed by atoms with Crippen LogP contribution in [0.4, 0.5) is 5.69 Å². The molecule has 1 aromatic heterocycles. The molecule has 0 aromatic carbocycles. The normalized spacial score (nSPS) is 10.4. The highest BCUT2D eigenvalue weighted by Gasteiger charge is 2.04. The third-order valence-electron chi connectivity index (χ3n) is 2.81. The number of aromatic nitrogens is 1. The van der Waals surface area contributed by atoms with E-state index >= 15 is 0 Å². The predicted molar refractivity (Wildman–Crippen MR) is 71.0 cm³/mol. The molecule has 1 rings (SSSR count). The fraction of sp³-hybridized carbons (Fsp3) is 0.643. The van der Waals surface area contributed by atoms with Gasteiger partial charge in [0.25, 0.3) is 0 Å². The van der Waals surface area contributed by atoms with Gasteiger partial charge in [-0.3, -0.25) is 4.98 Å². The maximum absolute atomic E-state index is 4.47. The van der Waals surface area contributed by atoms with Crippen molar-refractivity contribution in [3.05, 3.63) is 24.0 Å². The summed E-state index contributed by atoms with van der Waals surface area (Å²) < 4.78 is 0. The molecule has 2 nitrogen and oxygen atoms in total. The third kappa shape index (κ3) is 3.84. The minimum absolute atomic E-state index is 1.02. The fourth-order valence-electron chi connectivity index (χ4n) is 1.80. The van der Waals surface area contributed by atoms with Crippen LogP contribution in [0.15, 0.2) is 18.3 Å². The summed E-state index contributed by atoms with van der Waals surface area (Å²) in [7, 11) is 0. The number of rotatable bonds is 7. The Bertz CT molecular complexity index is 279. The van der Waals surface area contributed by atoms with Gasteiger partial charge in [-0.05, 0) is 31.4 Å². The molecule has 0 unspecified atom stereocenters. The molecule has 2 heteroatoms. The highest BCUT2D eigenvalue weighted by atomic mass is 15.1. The molecule has 0 amide bonds. The van der Waals surface area contributed by atoms with Crippen molar-refractivity contribution in [3.63, 3.8) is 0 Å². The Balaban J connectivity index is 2.67. The van der Waals surface area contributed by atoms with E-state index in [-0.39, 0.29) is 0 Å². The Morgan fingerprint density at radius 3 is 2.38 bits per heavy atom. The molecule has 0 atom stereocenters. The van der Waals surface area contributed by atoms with Gasteiger partial charge < -0.3 is 4.90 Å². The van der Waals surface area contributed by atoms with Crippen LogP contribution in [0.2, 0.25) is 0 Å². The van der Waals surface area contributed by atoms with Gasteiger partial charge in [-0.25, -0.2) is 0 Å². The van der Waals surface area contributed by atoms with Gasteiger partial charge in [0.05, 0.1) is 11.9 Å². The summed E-state index contributed by atoms with van der Waals surface area (Å²) in [6, 6.07) is 4.35. The molecule has 0 N–H and O–H groups in total. The van der Waals surface area contributed by atoms with Crippen molar-refractivity contribution in [3.8, 4) is 0 Å². The van der Waals surface area contributed by atoms with Crippen molar-refractivity contribution in [2.75, 3.05) is 18.0 Å². The summed E-state index contributed by atoms with van der Waals surface area (Å²) in [4.78, 5) is 6.91. The zero-order valence-corrected chi connectivity index (χ0v) is 10.9. The molecule has 1 heterocycles. The van der Waals surface area contributed by atoms with Gasteiger partial charge in [-0.1, -0.05) is 27.2 Å². The minimum atomic E-state index is 1.02. The highest BCUT2D eigenvalue weighted by molar-refractivity contribution is 5.44. The molecule has 0 bridgehead atoms. The maximum atomic E-state index is 4.47. The summed E-state index contributed by atoms with van der Waals surface area (Å²) in [5.41, 5.74) is 2.45. The number of aryl methyl sites for hydroxylation is 1. The van der Waals surface area contributed by atoms with E-state index in [4.69, 9.17) is 0 Å². The van der Waals surface area contributed by atoms with Crippen LogP contribution in [0, 0.1) is 0 Å². The van der Waals surface area contributed by atoms with E-state index in [0.29, 0.717) is 0 Å². The zero-order chi connectivity index (χ0) is 11.8. The molecule has 0 spiro atoms. The van der Waals surface area contributed by atoms with E-state index in [0.717, 1.165) is 19.5 Å². The third-order valence-corrected chi connectivity index (χ3v) is 2.81. The Hall–Kier alpha value is -1.05. The minimum Gasteiger partial charge on any atom is -0.370 e. The number of anilines is 1. The molecule has 0 saturated carbocycles. The smallest absolute Gasteiger partial charge is 0.0552 e. The molecule has 0 fully saturated rings. The van der Waals surface area contributed by atoms with Crippen LogP contribution < -0.4 is 4.90 Å². The van der Waals surface area contributed by atoms with Crippen LogP contribution in [0.25, 0.3) is 0 Å². The first-order valence-corrected chi connectivity index (χ1v) is 6.51. The Morgan fingerprint density at radius 1 is 1.06 bits per heavy atom. The molecular weight excluding hydrogens is 196 g/mol. The second-order valence-electron chi connectivity index (χ2n) is 4.20. The lowest BCUT2D eigenvalue weighted by Crippen LogP contribution is -2.25. The fourth-order valence-corrected chi connectivity index (χ4v) is 1.80. The highest BCUT2D eigenvalue weighted by Crippen LogP contribution is 2.14. The zero-order valence-electron chi connectivity index (χ0n) is 10.9. The lowest BCUT2D eigenvalue weighted by molar-refractivity contribution is 0.702. The van der Waals surface area contributed by atoms with Gasteiger partial charge in [0.2, 0.25) is 0 Å². The standard InChI is InChI=1S/C14H24N2/c1-4-7-11-16(10-5-2)14-9-8-13(6-3)15-12-14/h8-9,12H,4-7,10-11H2,1-3H3. The van der Waals surface area contributed by atoms with Crippen LogP contribution >= 0.6 is 0 Å². The summed E-state index contributed by atoms with van der Waals surface area (Å²) >= 11 is 0. The van der Waals surface area contributed by atoms with E-state index in [9.17, 15) is 0 Å². The number of hydrogen-bond donors (Lipinski definition) is 0. The summed E-state index contributed by atoms with van der Waals surface area (Å²) in [5, 5.41) is 0. The van der Waals surface area contributed by atoms with Gasteiger partial charge >= 0.3 is 0 Å². The van der Waals surface area contributed by atoms with E-state index in [1.54, 1.807) is 0 Å². The largest absolute Gasteiger partial charge is 0.370 e. The topological polar surface area (TPSA) is 16.1 Å². The first-order valence-electron chi connectivity index (χ1n) is 6.51. The number of nitrogens with zero attached hydrogens (tertiary/aromatic N) is 2. The van der Waals surface area contributed by atoms with Gasteiger partial charge in [0.15, 0.2) is 0 Å². The van der Waals surface area contributed by atoms with Crippen molar-refractivity contribution < 1.29 is 0 Å². The molecular formula is C14H24N2. The van der Waals surface area contributed by atoms with Crippen LogP contribution in [-0.2, 0) is 6.42 Å². The number of hydrogen-bond acceptors (Lipinski definition) is 2. The lowest BCUT2D eigenvalue weighted by atomic mass is 10.2. The molecule has 16 heavy (non-hydrogen) atoms. The van der Waals surface area contributed by atoms with Crippen molar-refractivity contribution in [2.45, 2.75) is 46.5 Å². The van der Waals surface area contributed by atoms with Gasteiger partial charge in [0.1, 0.15) is 0 Å². The van der Waals surface area contributed by atoms with Crippen molar-refractivity contribution in [1.82, 2.24) is 4.98 Å². The van der Waals surface area contributed by atoms with Crippen molar-refractivity contribution in [1.29, 1.82) is 0 Å². The first kappa shape index (κ1) is 13.0. The van der Waals surface area contributed by atoms with Gasteiger partial charge in [-0.2, -0.15) is 0 Å². The molecule has 0 aliphatic rings. The van der Waals surface area contributed by atoms with Crippen LogP contribution in [0.1, 0.15) is 45.7 Å². The maximum Gasteiger partial charge on any atom is 0.0552 e. The Kier molecular flexibility index (Phi) is 5.91. The molecule has 0 aliphatic heterocycles. The monoisotopic (exact) mass is 220 g/mol. The van der Waals surface area contributed by atoms with E-state index < -0.39 is 0 Å². The van der Waals surface area contributed by atoms with Crippen molar-refractivity contribution in [2.24, 2.45) is 0 Å². The Morgan fingerprint density at radius 2 is 1.88 bits per heavy atom. The second-order valence-corrected chi connectivity index (χ2v) is 4.20. The summed E-state index contributed by atoms with van der Waals surface area (Å²) in [5.74, 6) is 0. The predicted octanol–water partition coefficient (Wildman–Crippen LogP) is 3.66. The molecule has 0 radical (unpaired) electrons. The van der Waals surface area contributed by atoms with Gasteiger partial charge in [-0.15, -0.1) is 0 Å². The van der Waals surface area contributed by atoms with Gasteiger partial charge in [0, 0.05) is 18.8 Å². The first-order chi connectivity index (χ1) is 7.81.